The third-order valence-corrected chi connectivity index (χ3v) is 3.66. The number of likely N-dealkylation sites (tertiary alicyclic amines) is 1. The Morgan fingerprint density at radius 3 is 2.65 bits per heavy atom. The number of ether oxygens (including phenoxy) is 1. The van der Waals surface area contributed by atoms with Crippen molar-refractivity contribution in [2.24, 2.45) is 11.8 Å². The highest BCUT2D eigenvalue weighted by Gasteiger charge is 2.42. The van der Waals surface area contributed by atoms with Gasteiger partial charge in [0.1, 0.15) is 5.60 Å². The molecule has 3 atom stereocenters. The number of hydrogen-bond donors (Lipinski definition) is 1. The number of rotatable bonds is 1. The van der Waals surface area contributed by atoms with E-state index in [2.05, 4.69) is 0 Å². The minimum absolute atomic E-state index is 0.191. The van der Waals surface area contributed by atoms with Crippen molar-refractivity contribution in [3.05, 3.63) is 0 Å². The SMILES string of the molecule is CC(C)(C)OC(=O)N1C[C@H]2C[C@H](CO)C[C@@H]1C2. The first-order chi connectivity index (χ1) is 7.89. The summed E-state index contributed by atoms with van der Waals surface area (Å²) in [5.41, 5.74) is -0.426. The number of aliphatic hydroxyl groups is 1. The van der Waals surface area contributed by atoms with Gasteiger partial charge in [-0.25, -0.2) is 4.79 Å². The molecule has 1 aliphatic heterocycles. The number of carbonyl (C=O) groups is 1. The standard InChI is InChI=1S/C13H23NO3/c1-13(2,3)17-12(16)14-7-9-4-10(8-15)6-11(14)5-9/h9-11,15H,4-8H2,1-3H3/t9-,10-,11-/m0/s1. The molecule has 0 aromatic carbocycles. The Kier molecular flexibility index (Phi) is 3.34. The predicted molar refractivity (Wildman–Crippen MR) is 64.6 cm³/mol. The summed E-state index contributed by atoms with van der Waals surface area (Å²) in [4.78, 5) is 13.9. The van der Waals surface area contributed by atoms with E-state index in [4.69, 9.17) is 4.74 Å². The lowest BCUT2D eigenvalue weighted by molar-refractivity contribution is 0.0209. The van der Waals surface area contributed by atoms with Gasteiger partial charge in [0.15, 0.2) is 0 Å². The summed E-state index contributed by atoms with van der Waals surface area (Å²) in [6.45, 7) is 6.72. The predicted octanol–water partition coefficient (Wildman–Crippen LogP) is 2.01. The molecule has 2 bridgehead atoms. The van der Waals surface area contributed by atoms with Crippen molar-refractivity contribution in [1.29, 1.82) is 0 Å². The van der Waals surface area contributed by atoms with Crippen molar-refractivity contribution in [2.75, 3.05) is 13.2 Å². The van der Waals surface area contributed by atoms with E-state index in [0.29, 0.717) is 11.8 Å². The molecule has 98 valence electrons. The molecule has 0 radical (unpaired) electrons. The fraction of sp³-hybridized carbons (Fsp3) is 0.923. The van der Waals surface area contributed by atoms with Crippen LogP contribution in [-0.2, 0) is 4.74 Å². The molecule has 17 heavy (non-hydrogen) atoms. The fourth-order valence-electron chi connectivity index (χ4n) is 3.05. The van der Waals surface area contributed by atoms with Gasteiger partial charge in [-0.3, -0.25) is 0 Å². The van der Waals surface area contributed by atoms with E-state index in [1.807, 2.05) is 25.7 Å². The zero-order chi connectivity index (χ0) is 12.6. The van der Waals surface area contributed by atoms with Gasteiger partial charge in [-0.15, -0.1) is 0 Å². The number of fused-ring (bicyclic) bond motifs is 2. The summed E-state index contributed by atoms with van der Waals surface area (Å²) >= 11 is 0. The zero-order valence-corrected chi connectivity index (χ0v) is 11.0. The maximum atomic E-state index is 12.0. The van der Waals surface area contributed by atoms with Gasteiger partial charge >= 0.3 is 6.09 Å². The molecular weight excluding hydrogens is 218 g/mol. The van der Waals surface area contributed by atoms with E-state index in [1.54, 1.807) is 0 Å². The third-order valence-electron chi connectivity index (χ3n) is 3.66. The number of nitrogens with zero attached hydrogens (tertiary/aromatic N) is 1. The highest BCUT2D eigenvalue weighted by Crippen LogP contribution is 2.39. The molecule has 1 heterocycles. The van der Waals surface area contributed by atoms with Crippen molar-refractivity contribution in [3.63, 3.8) is 0 Å². The largest absolute Gasteiger partial charge is 0.444 e. The topological polar surface area (TPSA) is 49.8 Å². The Bertz CT molecular complexity index is 298. The molecule has 0 aromatic heterocycles. The second-order valence-electron chi connectivity index (χ2n) is 6.41. The smallest absolute Gasteiger partial charge is 0.410 e. The van der Waals surface area contributed by atoms with Gasteiger partial charge in [0.2, 0.25) is 0 Å². The van der Waals surface area contributed by atoms with E-state index >= 15 is 0 Å². The lowest BCUT2D eigenvalue weighted by Gasteiger charge is -2.30. The van der Waals surface area contributed by atoms with Gasteiger partial charge in [0, 0.05) is 19.2 Å². The summed E-state index contributed by atoms with van der Waals surface area (Å²) in [5, 5.41) is 9.23. The molecule has 2 fully saturated rings. The van der Waals surface area contributed by atoms with Crippen LogP contribution in [0.25, 0.3) is 0 Å². The van der Waals surface area contributed by atoms with Crippen molar-refractivity contribution < 1.29 is 14.6 Å². The third kappa shape index (κ3) is 2.92. The van der Waals surface area contributed by atoms with Gasteiger partial charge < -0.3 is 14.7 Å². The second kappa shape index (κ2) is 4.48. The van der Waals surface area contributed by atoms with E-state index in [-0.39, 0.29) is 18.7 Å². The van der Waals surface area contributed by atoms with Gasteiger partial charge in [-0.1, -0.05) is 0 Å². The van der Waals surface area contributed by atoms with Gasteiger partial charge in [-0.05, 0) is 51.9 Å². The van der Waals surface area contributed by atoms with Crippen LogP contribution in [0.2, 0.25) is 0 Å². The van der Waals surface area contributed by atoms with E-state index in [0.717, 1.165) is 25.8 Å². The normalized spacial score (nSPS) is 32.7. The van der Waals surface area contributed by atoms with Crippen molar-refractivity contribution >= 4 is 6.09 Å². The lowest BCUT2D eigenvalue weighted by Crippen LogP contribution is -2.40. The average molecular weight is 241 g/mol. The summed E-state index contributed by atoms with van der Waals surface area (Å²) in [5.74, 6) is 0.921. The lowest BCUT2D eigenvalue weighted by atomic mass is 9.82. The Morgan fingerprint density at radius 1 is 1.35 bits per heavy atom. The molecule has 4 nitrogen and oxygen atoms in total. The first-order valence-corrected chi connectivity index (χ1v) is 6.49. The summed E-state index contributed by atoms with van der Waals surface area (Å²) in [6.07, 6.45) is 2.86. The van der Waals surface area contributed by atoms with Crippen LogP contribution in [0.5, 0.6) is 0 Å². The minimum atomic E-state index is -0.426. The summed E-state index contributed by atoms with van der Waals surface area (Å²) in [7, 11) is 0. The van der Waals surface area contributed by atoms with Crippen molar-refractivity contribution in [3.8, 4) is 0 Å². The maximum Gasteiger partial charge on any atom is 0.410 e. The van der Waals surface area contributed by atoms with Crippen LogP contribution in [0, 0.1) is 11.8 Å². The second-order valence-corrected chi connectivity index (χ2v) is 6.41. The Labute approximate surface area is 103 Å². The number of aliphatic hydroxyl groups excluding tert-OH is 1. The van der Waals surface area contributed by atoms with Crippen molar-refractivity contribution in [1.82, 2.24) is 4.90 Å². The fourth-order valence-corrected chi connectivity index (χ4v) is 3.05. The highest BCUT2D eigenvalue weighted by atomic mass is 16.6. The number of amides is 1. The Morgan fingerprint density at radius 2 is 2.06 bits per heavy atom. The Balaban J connectivity index is 1.97. The van der Waals surface area contributed by atoms with Crippen LogP contribution < -0.4 is 0 Å². The minimum Gasteiger partial charge on any atom is -0.444 e. The monoisotopic (exact) mass is 241 g/mol. The number of hydrogen-bond acceptors (Lipinski definition) is 3. The van der Waals surface area contributed by atoms with Crippen LogP contribution in [0.15, 0.2) is 0 Å². The van der Waals surface area contributed by atoms with Crippen molar-refractivity contribution in [2.45, 2.75) is 51.7 Å². The molecule has 2 aliphatic rings. The quantitative estimate of drug-likeness (QED) is 0.764. The van der Waals surface area contributed by atoms with Gasteiger partial charge in [0.25, 0.3) is 0 Å². The molecule has 0 unspecified atom stereocenters. The van der Waals surface area contributed by atoms with Crippen LogP contribution in [0.4, 0.5) is 4.79 Å². The van der Waals surface area contributed by atoms with E-state index in [9.17, 15) is 9.90 Å². The van der Waals surface area contributed by atoms with Crippen LogP contribution in [0.3, 0.4) is 0 Å². The molecule has 4 heteroatoms. The Hall–Kier alpha value is -0.770. The van der Waals surface area contributed by atoms with Crippen LogP contribution in [0.1, 0.15) is 40.0 Å². The molecular formula is C13H23NO3. The van der Waals surface area contributed by atoms with E-state index in [1.165, 1.54) is 0 Å². The summed E-state index contributed by atoms with van der Waals surface area (Å²) < 4.78 is 5.42. The molecule has 1 amide bonds. The first kappa shape index (κ1) is 12.7. The van der Waals surface area contributed by atoms with E-state index < -0.39 is 5.60 Å². The van der Waals surface area contributed by atoms with Gasteiger partial charge in [0.05, 0.1) is 0 Å². The molecule has 1 aliphatic carbocycles. The zero-order valence-electron chi connectivity index (χ0n) is 11.0. The first-order valence-electron chi connectivity index (χ1n) is 6.49. The van der Waals surface area contributed by atoms with Crippen LogP contribution in [-0.4, -0.2) is 40.9 Å². The molecule has 2 rings (SSSR count). The molecule has 0 aromatic rings. The molecule has 1 saturated carbocycles. The highest BCUT2D eigenvalue weighted by molar-refractivity contribution is 5.69. The molecule has 0 spiro atoms. The van der Waals surface area contributed by atoms with Crippen LogP contribution >= 0.6 is 0 Å². The number of carbonyl (C=O) groups excluding carboxylic acids is 1. The van der Waals surface area contributed by atoms with Gasteiger partial charge in [-0.2, -0.15) is 0 Å². The maximum absolute atomic E-state index is 12.0. The summed E-state index contributed by atoms with van der Waals surface area (Å²) in [6, 6.07) is 0.278. The molecule has 1 N–H and O–H groups in total. The molecule has 1 saturated heterocycles. The average Bonchev–Trinajstić information content (AvgIpc) is 2.51.